The topological polar surface area (TPSA) is 86.0 Å². The molecule has 196 valence electrons. The Balaban J connectivity index is 1.41. The number of methoxy groups -OCH3 is 1. The molecule has 3 heterocycles. The van der Waals surface area contributed by atoms with E-state index in [0.29, 0.717) is 24.7 Å². The van der Waals surface area contributed by atoms with Crippen LogP contribution in [-0.4, -0.2) is 42.4 Å². The zero-order chi connectivity index (χ0) is 25.9. The number of carbonyl (C=O) groups excluding carboxylic acids is 1. The zero-order valence-electron chi connectivity index (χ0n) is 21.6. The molecule has 2 fully saturated rings. The number of ether oxygens (including phenoxy) is 4. The summed E-state index contributed by atoms with van der Waals surface area (Å²) in [5, 5.41) is 1.14. The van der Waals surface area contributed by atoms with E-state index in [1.807, 2.05) is 42.5 Å². The fraction of sp³-hybridized carbons (Fsp3) is 0.355. The van der Waals surface area contributed by atoms with Gasteiger partial charge in [0.05, 0.1) is 30.7 Å². The van der Waals surface area contributed by atoms with Gasteiger partial charge in [-0.05, 0) is 60.7 Å². The SMILES string of the molecule is COC(=O)c1ccc2c(C3CCCCC3)c(-c3ccc(OCc4ccccn4)cc3OC[C@@H]3CO3)[nH]c2c1. The molecule has 0 bridgehead atoms. The van der Waals surface area contributed by atoms with E-state index in [-0.39, 0.29) is 12.1 Å². The van der Waals surface area contributed by atoms with E-state index in [1.165, 1.54) is 31.9 Å². The number of carbonyl (C=O) groups is 1. The lowest BCUT2D eigenvalue weighted by molar-refractivity contribution is 0.0601. The summed E-state index contributed by atoms with van der Waals surface area (Å²) < 4.78 is 22.8. The molecule has 0 radical (unpaired) electrons. The van der Waals surface area contributed by atoms with Crippen molar-refractivity contribution in [3.8, 4) is 22.8 Å². The van der Waals surface area contributed by atoms with Gasteiger partial charge in [-0.2, -0.15) is 0 Å². The number of rotatable bonds is 9. The van der Waals surface area contributed by atoms with E-state index in [2.05, 4.69) is 22.1 Å². The summed E-state index contributed by atoms with van der Waals surface area (Å²) in [5.41, 5.74) is 5.64. The van der Waals surface area contributed by atoms with Crippen molar-refractivity contribution in [2.24, 2.45) is 0 Å². The van der Waals surface area contributed by atoms with E-state index in [1.54, 1.807) is 6.20 Å². The van der Waals surface area contributed by atoms with Gasteiger partial charge in [0.1, 0.15) is 30.8 Å². The summed E-state index contributed by atoms with van der Waals surface area (Å²) in [7, 11) is 1.41. The molecule has 4 aromatic rings. The lowest BCUT2D eigenvalue weighted by Gasteiger charge is -2.23. The molecule has 2 aliphatic rings. The van der Waals surface area contributed by atoms with E-state index in [4.69, 9.17) is 18.9 Å². The molecule has 2 aromatic carbocycles. The number of benzene rings is 2. The Hall–Kier alpha value is -3.84. The average Bonchev–Trinajstić information content (AvgIpc) is 3.73. The molecular weight excluding hydrogens is 480 g/mol. The molecule has 1 aliphatic heterocycles. The second-order valence-corrected chi connectivity index (χ2v) is 10.0. The minimum atomic E-state index is -0.342. The van der Waals surface area contributed by atoms with Crippen molar-refractivity contribution in [1.82, 2.24) is 9.97 Å². The number of nitrogens with one attached hydrogen (secondary N) is 1. The van der Waals surface area contributed by atoms with Gasteiger partial charge in [0.2, 0.25) is 0 Å². The molecule has 38 heavy (non-hydrogen) atoms. The van der Waals surface area contributed by atoms with Crippen LogP contribution in [0.4, 0.5) is 0 Å². The highest BCUT2D eigenvalue weighted by atomic mass is 16.6. The number of epoxide rings is 1. The van der Waals surface area contributed by atoms with Crippen molar-refractivity contribution < 1.29 is 23.7 Å². The molecule has 1 saturated carbocycles. The third-order valence-electron chi connectivity index (χ3n) is 7.44. The summed E-state index contributed by atoms with van der Waals surface area (Å²) in [5.74, 6) is 1.56. The van der Waals surface area contributed by atoms with Crippen molar-refractivity contribution in [3.63, 3.8) is 0 Å². The largest absolute Gasteiger partial charge is 0.490 e. The van der Waals surface area contributed by atoms with Gasteiger partial charge >= 0.3 is 5.97 Å². The highest BCUT2D eigenvalue weighted by molar-refractivity contribution is 5.98. The van der Waals surface area contributed by atoms with Crippen LogP contribution in [0.3, 0.4) is 0 Å². The molecule has 2 aromatic heterocycles. The van der Waals surface area contributed by atoms with Crippen LogP contribution in [0.1, 0.15) is 59.6 Å². The quantitative estimate of drug-likeness (QED) is 0.206. The summed E-state index contributed by atoms with van der Waals surface area (Å²) in [6.45, 7) is 1.59. The van der Waals surface area contributed by atoms with Crippen molar-refractivity contribution in [1.29, 1.82) is 0 Å². The molecular formula is C31H32N2O5. The van der Waals surface area contributed by atoms with Gasteiger partial charge in [-0.15, -0.1) is 0 Å². The number of pyridine rings is 1. The Bertz CT molecular complexity index is 1420. The lowest BCUT2D eigenvalue weighted by atomic mass is 9.81. The van der Waals surface area contributed by atoms with Gasteiger partial charge in [-0.3, -0.25) is 4.98 Å². The minimum absolute atomic E-state index is 0.129. The molecule has 1 aliphatic carbocycles. The third-order valence-corrected chi connectivity index (χ3v) is 7.44. The van der Waals surface area contributed by atoms with E-state index >= 15 is 0 Å². The predicted molar refractivity (Wildman–Crippen MR) is 145 cm³/mol. The van der Waals surface area contributed by atoms with Gasteiger partial charge in [0.25, 0.3) is 0 Å². The molecule has 7 heteroatoms. The van der Waals surface area contributed by atoms with Gasteiger partial charge in [-0.1, -0.05) is 31.4 Å². The van der Waals surface area contributed by atoms with Crippen molar-refractivity contribution in [2.45, 2.75) is 50.7 Å². The molecule has 0 unspecified atom stereocenters. The van der Waals surface area contributed by atoms with Gasteiger partial charge in [-0.25, -0.2) is 4.79 Å². The number of esters is 1. The Morgan fingerprint density at radius 3 is 2.68 bits per heavy atom. The Kier molecular flexibility index (Phi) is 7.01. The highest BCUT2D eigenvalue weighted by Gasteiger charge is 2.27. The zero-order valence-corrected chi connectivity index (χ0v) is 21.6. The Morgan fingerprint density at radius 1 is 1.05 bits per heavy atom. The third kappa shape index (κ3) is 5.24. The maximum absolute atomic E-state index is 12.2. The standard InChI is InChI=1S/C31H32N2O5/c1-35-31(34)21-10-12-25-27(15-21)33-30(29(25)20-7-3-2-4-8-20)26-13-11-23(16-28(26)38-19-24-18-37-24)36-17-22-9-5-6-14-32-22/h5-6,9-16,20,24,33H,2-4,7-8,17-19H2,1H3/t24-/m0/s1. The number of aromatic nitrogens is 2. The number of H-pyrrole nitrogens is 1. The first kappa shape index (κ1) is 24.5. The maximum Gasteiger partial charge on any atom is 0.337 e. The van der Waals surface area contributed by atoms with Crippen LogP contribution in [0.25, 0.3) is 22.2 Å². The van der Waals surface area contributed by atoms with Crippen molar-refractivity contribution in [3.05, 3.63) is 77.6 Å². The molecule has 6 rings (SSSR count). The predicted octanol–water partition coefficient (Wildman–Crippen LogP) is 6.42. The Morgan fingerprint density at radius 2 is 1.92 bits per heavy atom. The number of fused-ring (bicyclic) bond motifs is 1. The first-order valence-electron chi connectivity index (χ1n) is 13.3. The number of hydrogen-bond acceptors (Lipinski definition) is 6. The number of hydrogen-bond donors (Lipinski definition) is 1. The van der Waals surface area contributed by atoms with E-state index in [0.717, 1.165) is 58.8 Å². The normalized spacial score (nSPS) is 17.3. The molecule has 1 atom stereocenters. The number of aromatic amines is 1. The van der Waals surface area contributed by atoms with Gasteiger partial charge in [0.15, 0.2) is 0 Å². The molecule has 1 saturated heterocycles. The summed E-state index contributed by atoms with van der Waals surface area (Å²) in [4.78, 5) is 20.2. The van der Waals surface area contributed by atoms with Crippen molar-refractivity contribution >= 4 is 16.9 Å². The molecule has 1 N–H and O–H groups in total. The van der Waals surface area contributed by atoms with Crippen LogP contribution in [0.15, 0.2) is 60.8 Å². The van der Waals surface area contributed by atoms with Gasteiger partial charge < -0.3 is 23.9 Å². The molecule has 0 amide bonds. The minimum Gasteiger partial charge on any atom is -0.490 e. The highest BCUT2D eigenvalue weighted by Crippen LogP contribution is 2.45. The van der Waals surface area contributed by atoms with Crippen LogP contribution in [0, 0.1) is 0 Å². The maximum atomic E-state index is 12.2. The lowest BCUT2D eigenvalue weighted by Crippen LogP contribution is -2.08. The van der Waals surface area contributed by atoms with Crippen LogP contribution in [-0.2, 0) is 16.1 Å². The monoisotopic (exact) mass is 512 g/mol. The van der Waals surface area contributed by atoms with E-state index in [9.17, 15) is 4.79 Å². The average molecular weight is 513 g/mol. The smallest absolute Gasteiger partial charge is 0.337 e. The van der Waals surface area contributed by atoms with Crippen LogP contribution >= 0.6 is 0 Å². The Labute approximate surface area is 222 Å². The molecule has 0 spiro atoms. The fourth-order valence-electron chi connectivity index (χ4n) is 5.40. The second kappa shape index (κ2) is 10.9. The molecule has 7 nitrogen and oxygen atoms in total. The fourth-order valence-corrected chi connectivity index (χ4v) is 5.40. The van der Waals surface area contributed by atoms with E-state index < -0.39 is 0 Å². The second-order valence-electron chi connectivity index (χ2n) is 10.0. The number of nitrogens with zero attached hydrogens (tertiary/aromatic N) is 1. The van der Waals surface area contributed by atoms with Crippen LogP contribution in [0.2, 0.25) is 0 Å². The summed E-state index contributed by atoms with van der Waals surface area (Å²) in [6.07, 6.45) is 7.91. The summed E-state index contributed by atoms with van der Waals surface area (Å²) in [6, 6.07) is 17.6. The first-order chi connectivity index (χ1) is 18.7. The van der Waals surface area contributed by atoms with Crippen LogP contribution < -0.4 is 9.47 Å². The first-order valence-corrected chi connectivity index (χ1v) is 13.3. The van der Waals surface area contributed by atoms with Gasteiger partial charge in [0, 0.05) is 28.7 Å². The summed E-state index contributed by atoms with van der Waals surface area (Å²) >= 11 is 0. The van der Waals surface area contributed by atoms with Crippen LogP contribution in [0.5, 0.6) is 11.5 Å². The van der Waals surface area contributed by atoms with Crippen molar-refractivity contribution in [2.75, 3.05) is 20.3 Å².